The summed E-state index contributed by atoms with van der Waals surface area (Å²) in [7, 11) is 0. The van der Waals surface area contributed by atoms with Crippen molar-refractivity contribution in [2.45, 2.75) is 25.1 Å². The molecule has 0 aliphatic carbocycles. The molecule has 1 heterocycles. The molecule has 0 atom stereocenters. The number of piperidine rings is 1. The Morgan fingerprint density at radius 2 is 1.76 bits per heavy atom. The van der Waals surface area contributed by atoms with Crippen LogP contribution in [0.15, 0.2) is 24.3 Å². The minimum Gasteiger partial charge on any atom is -0.328 e. The van der Waals surface area contributed by atoms with Gasteiger partial charge in [0.05, 0.1) is 5.56 Å². The number of halogens is 3. The van der Waals surface area contributed by atoms with Gasteiger partial charge in [-0.25, -0.2) is 9.80 Å². The Kier molecular flexibility index (Phi) is 4.69. The fourth-order valence-corrected chi connectivity index (χ4v) is 2.06. The lowest BCUT2D eigenvalue weighted by Crippen LogP contribution is -2.50. The second-order valence-corrected chi connectivity index (χ2v) is 4.97. The summed E-state index contributed by atoms with van der Waals surface area (Å²) in [5, 5.41) is 4.23. The van der Waals surface area contributed by atoms with Crippen molar-refractivity contribution in [2.24, 2.45) is 5.73 Å². The maximum atomic E-state index is 12.4. The van der Waals surface area contributed by atoms with Crippen molar-refractivity contribution in [3.8, 4) is 0 Å². The summed E-state index contributed by atoms with van der Waals surface area (Å²) in [6.45, 7) is 1.31. The van der Waals surface area contributed by atoms with Gasteiger partial charge in [0, 0.05) is 24.8 Å². The van der Waals surface area contributed by atoms with Gasteiger partial charge in [0.25, 0.3) is 0 Å². The van der Waals surface area contributed by atoms with Gasteiger partial charge >= 0.3 is 12.2 Å². The Morgan fingerprint density at radius 3 is 2.29 bits per heavy atom. The van der Waals surface area contributed by atoms with Crippen molar-refractivity contribution in [1.29, 1.82) is 0 Å². The molecule has 0 spiro atoms. The van der Waals surface area contributed by atoms with E-state index in [2.05, 4.69) is 10.7 Å². The van der Waals surface area contributed by atoms with Gasteiger partial charge in [0.2, 0.25) is 0 Å². The standard InChI is InChI=1S/C13H17F3N4O/c14-13(15,16)9-1-3-11(4-2-9)18-12(21)19-20-7-5-10(17)6-8-20/h1-4,10H,5-8,17H2,(H2,18,19,21). The zero-order chi connectivity index (χ0) is 15.5. The fourth-order valence-electron chi connectivity index (χ4n) is 2.06. The average Bonchev–Trinajstić information content (AvgIpc) is 2.41. The number of benzene rings is 1. The lowest BCUT2D eigenvalue weighted by molar-refractivity contribution is -0.137. The number of carbonyl (C=O) groups is 1. The van der Waals surface area contributed by atoms with E-state index in [0.29, 0.717) is 18.8 Å². The largest absolute Gasteiger partial charge is 0.416 e. The van der Waals surface area contributed by atoms with E-state index < -0.39 is 17.8 Å². The van der Waals surface area contributed by atoms with Crippen molar-refractivity contribution < 1.29 is 18.0 Å². The van der Waals surface area contributed by atoms with Gasteiger partial charge in [-0.2, -0.15) is 13.2 Å². The number of rotatable bonds is 2. The van der Waals surface area contributed by atoms with E-state index in [0.717, 1.165) is 25.0 Å². The fraction of sp³-hybridized carbons (Fsp3) is 0.462. The third-order valence-electron chi connectivity index (χ3n) is 3.27. The van der Waals surface area contributed by atoms with Gasteiger partial charge in [-0.1, -0.05) is 0 Å². The Bertz CT molecular complexity index is 481. The zero-order valence-corrected chi connectivity index (χ0v) is 11.3. The summed E-state index contributed by atoms with van der Waals surface area (Å²) in [6.07, 6.45) is -2.80. The molecule has 2 amide bonds. The number of nitrogens with one attached hydrogen (secondary N) is 2. The van der Waals surface area contributed by atoms with Gasteiger partial charge in [-0.05, 0) is 37.1 Å². The summed E-state index contributed by atoms with van der Waals surface area (Å²) >= 11 is 0. The molecular formula is C13H17F3N4O. The molecule has 116 valence electrons. The molecule has 8 heteroatoms. The van der Waals surface area contributed by atoms with Crippen LogP contribution in [0, 0.1) is 0 Å². The quantitative estimate of drug-likeness (QED) is 0.784. The van der Waals surface area contributed by atoms with Crippen molar-refractivity contribution >= 4 is 11.7 Å². The molecule has 1 aliphatic rings. The molecule has 1 aromatic rings. The molecule has 4 N–H and O–H groups in total. The summed E-state index contributed by atoms with van der Waals surface area (Å²) in [6, 6.07) is 3.96. The van der Waals surface area contributed by atoms with Crippen LogP contribution in [-0.4, -0.2) is 30.2 Å². The predicted octanol–water partition coefficient (Wildman–Crippen LogP) is 2.17. The van der Waals surface area contributed by atoms with Gasteiger partial charge in [-0.15, -0.1) is 0 Å². The first kappa shape index (κ1) is 15.6. The van der Waals surface area contributed by atoms with E-state index in [1.165, 1.54) is 12.1 Å². The summed E-state index contributed by atoms with van der Waals surface area (Å²) in [5.41, 5.74) is 7.94. The van der Waals surface area contributed by atoms with Crippen LogP contribution in [0.1, 0.15) is 18.4 Å². The molecule has 5 nitrogen and oxygen atoms in total. The highest BCUT2D eigenvalue weighted by atomic mass is 19.4. The maximum Gasteiger partial charge on any atom is 0.416 e. The molecule has 1 fully saturated rings. The third kappa shape index (κ3) is 4.61. The third-order valence-corrected chi connectivity index (χ3v) is 3.27. The predicted molar refractivity (Wildman–Crippen MR) is 72.4 cm³/mol. The van der Waals surface area contributed by atoms with Crippen molar-refractivity contribution in [3.05, 3.63) is 29.8 Å². The number of alkyl halides is 3. The van der Waals surface area contributed by atoms with Gasteiger partial charge < -0.3 is 11.1 Å². The van der Waals surface area contributed by atoms with Crippen molar-refractivity contribution in [1.82, 2.24) is 10.4 Å². The van der Waals surface area contributed by atoms with Gasteiger partial charge in [0.15, 0.2) is 0 Å². The number of hydrazine groups is 1. The Morgan fingerprint density at radius 1 is 1.19 bits per heavy atom. The van der Waals surface area contributed by atoms with Crippen LogP contribution in [0.25, 0.3) is 0 Å². The van der Waals surface area contributed by atoms with Crippen LogP contribution in [0.5, 0.6) is 0 Å². The monoisotopic (exact) mass is 302 g/mol. The molecule has 1 saturated heterocycles. The van der Waals surface area contributed by atoms with E-state index in [4.69, 9.17) is 5.73 Å². The Hall–Kier alpha value is -1.80. The number of urea groups is 1. The molecular weight excluding hydrogens is 285 g/mol. The first-order valence-corrected chi connectivity index (χ1v) is 6.60. The molecule has 0 unspecified atom stereocenters. The van der Waals surface area contributed by atoms with E-state index in [-0.39, 0.29) is 6.04 Å². The SMILES string of the molecule is NC1CCN(NC(=O)Nc2ccc(C(F)(F)F)cc2)CC1. The zero-order valence-electron chi connectivity index (χ0n) is 11.3. The summed E-state index contributed by atoms with van der Waals surface area (Å²) < 4.78 is 37.2. The maximum absolute atomic E-state index is 12.4. The molecule has 0 radical (unpaired) electrons. The highest BCUT2D eigenvalue weighted by Gasteiger charge is 2.30. The van der Waals surface area contributed by atoms with Crippen molar-refractivity contribution in [2.75, 3.05) is 18.4 Å². The number of carbonyl (C=O) groups excluding carboxylic acids is 1. The first-order valence-electron chi connectivity index (χ1n) is 6.60. The molecule has 21 heavy (non-hydrogen) atoms. The molecule has 1 aromatic carbocycles. The smallest absolute Gasteiger partial charge is 0.328 e. The number of hydrogen-bond acceptors (Lipinski definition) is 3. The van der Waals surface area contributed by atoms with E-state index in [1.54, 1.807) is 5.01 Å². The number of amides is 2. The summed E-state index contributed by atoms with van der Waals surface area (Å²) in [5.74, 6) is 0. The number of hydrogen-bond donors (Lipinski definition) is 3. The van der Waals surface area contributed by atoms with Gasteiger partial charge in [0.1, 0.15) is 0 Å². The van der Waals surface area contributed by atoms with Crippen LogP contribution in [0.2, 0.25) is 0 Å². The average molecular weight is 302 g/mol. The van der Waals surface area contributed by atoms with Crippen molar-refractivity contribution in [3.63, 3.8) is 0 Å². The van der Waals surface area contributed by atoms with Crippen LogP contribution >= 0.6 is 0 Å². The molecule has 1 aliphatic heterocycles. The normalized spacial score (nSPS) is 17.5. The van der Waals surface area contributed by atoms with Gasteiger partial charge in [-0.3, -0.25) is 5.43 Å². The lowest BCUT2D eigenvalue weighted by Gasteiger charge is -2.30. The van der Waals surface area contributed by atoms with Crippen LogP contribution in [-0.2, 0) is 6.18 Å². The van der Waals surface area contributed by atoms with Crippen LogP contribution < -0.4 is 16.5 Å². The van der Waals surface area contributed by atoms with Crippen LogP contribution in [0.3, 0.4) is 0 Å². The minimum absolute atomic E-state index is 0.154. The second kappa shape index (κ2) is 6.31. The molecule has 0 saturated carbocycles. The number of nitrogens with zero attached hydrogens (tertiary/aromatic N) is 1. The van der Waals surface area contributed by atoms with Crippen LogP contribution in [0.4, 0.5) is 23.7 Å². The lowest BCUT2D eigenvalue weighted by atomic mass is 10.1. The topological polar surface area (TPSA) is 70.4 Å². The minimum atomic E-state index is -4.38. The summed E-state index contributed by atoms with van der Waals surface area (Å²) in [4.78, 5) is 11.7. The molecule has 0 bridgehead atoms. The number of anilines is 1. The highest BCUT2D eigenvalue weighted by Crippen LogP contribution is 2.29. The molecule has 0 aromatic heterocycles. The Labute approximate surface area is 120 Å². The van der Waals surface area contributed by atoms with E-state index >= 15 is 0 Å². The highest BCUT2D eigenvalue weighted by molar-refractivity contribution is 5.88. The molecule has 2 rings (SSSR count). The second-order valence-electron chi connectivity index (χ2n) is 4.97. The van der Waals surface area contributed by atoms with E-state index in [1.807, 2.05) is 0 Å². The first-order chi connectivity index (χ1) is 9.84. The Balaban J connectivity index is 1.85. The van der Waals surface area contributed by atoms with E-state index in [9.17, 15) is 18.0 Å². The number of nitrogens with two attached hydrogens (primary N) is 1.